The predicted octanol–water partition coefficient (Wildman–Crippen LogP) is 3.81. The highest BCUT2D eigenvalue weighted by Gasteiger charge is 2.10. The maximum Gasteiger partial charge on any atom is 0.335 e. The summed E-state index contributed by atoms with van der Waals surface area (Å²) in [5.74, 6) is -2.23. The predicted molar refractivity (Wildman–Crippen MR) is 86.2 cm³/mol. The number of benzene rings is 2. The van der Waals surface area contributed by atoms with E-state index in [0.717, 1.165) is 11.8 Å². The number of para-hydroxylation sites is 1. The van der Waals surface area contributed by atoms with Gasteiger partial charge >= 0.3 is 11.9 Å². The third-order valence-corrected chi connectivity index (χ3v) is 2.74. The van der Waals surface area contributed by atoms with Crippen LogP contribution in [-0.4, -0.2) is 27.3 Å². The van der Waals surface area contributed by atoms with Crippen LogP contribution < -0.4 is 0 Å². The minimum absolute atomic E-state index is 0.0111. The van der Waals surface area contributed by atoms with Gasteiger partial charge in [-0.1, -0.05) is 24.3 Å². The highest BCUT2D eigenvalue weighted by Crippen LogP contribution is 2.11. The molecule has 0 unspecified atom stereocenters. The summed E-state index contributed by atoms with van der Waals surface area (Å²) in [7, 11) is 0. The van der Waals surface area contributed by atoms with Crippen molar-refractivity contribution < 1.29 is 19.8 Å². The van der Waals surface area contributed by atoms with Gasteiger partial charge in [-0.3, -0.25) is 0 Å². The molecule has 0 aliphatic heterocycles. The van der Waals surface area contributed by atoms with Crippen LogP contribution >= 0.6 is 12.2 Å². The van der Waals surface area contributed by atoms with Crippen LogP contribution in [0.2, 0.25) is 0 Å². The minimum Gasteiger partial charge on any atom is -0.478 e. The van der Waals surface area contributed by atoms with Crippen LogP contribution in [0.15, 0.2) is 53.5 Å². The fourth-order valence-corrected chi connectivity index (χ4v) is 1.65. The van der Waals surface area contributed by atoms with Crippen molar-refractivity contribution in [2.24, 2.45) is 4.99 Å². The summed E-state index contributed by atoms with van der Waals surface area (Å²) in [5, 5.41) is 19.6. The second-order valence-electron chi connectivity index (χ2n) is 4.18. The molecule has 22 heavy (non-hydrogen) atoms. The monoisotopic (exact) mass is 315 g/mol. The van der Waals surface area contributed by atoms with Gasteiger partial charge in [0.15, 0.2) is 0 Å². The average Bonchev–Trinajstić information content (AvgIpc) is 2.49. The lowest BCUT2D eigenvalue weighted by Gasteiger charge is -2.01. The standard InChI is InChI=1S/C9H8O4.C7H5NS/c1-5-2-3-6(8(10)11)4-7(5)9(12)13;9-6-8-7-4-2-1-3-5-7/h2-4H,1H3,(H,10,11)(H,12,13);1-5H. The summed E-state index contributed by atoms with van der Waals surface area (Å²) in [6, 6.07) is 13.5. The zero-order valence-electron chi connectivity index (χ0n) is 11.7. The van der Waals surface area contributed by atoms with Gasteiger partial charge in [-0.05, 0) is 49.0 Å². The van der Waals surface area contributed by atoms with Crippen molar-refractivity contribution in [2.75, 3.05) is 0 Å². The first-order valence-corrected chi connectivity index (χ1v) is 6.56. The van der Waals surface area contributed by atoms with E-state index >= 15 is 0 Å². The van der Waals surface area contributed by atoms with Crippen molar-refractivity contribution in [1.29, 1.82) is 0 Å². The quantitative estimate of drug-likeness (QED) is 0.664. The maximum atomic E-state index is 10.6. The van der Waals surface area contributed by atoms with Gasteiger partial charge in [-0.2, -0.15) is 4.99 Å². The van der Waals surface area contributed by atoms with Crippen LogP contribution in [0.1, 0.15) is 26.3 Å². The molecule has 0 spiro atoms. The topological polar surface area (TPSA) is 87.0 Å². The third-order valence-electron chi connectivity index (χ3n) is 2.65. The molecule has 5 nitrogen and oxygen atoms in total. The number of nitrogens with zero attached hydrogens (tertiary/aromatic N) is 1. The lowest BCUT2D eigenvalue weighted by Crippen LogP contribution is -2.03. The summed E-state index contributed by atoms with van der Waals surface area (Å²) in [5.41, 5.74) is 1.42. The van der Waals surface area contributed by atoms with Crippen molar-refractivity contribution in [3.8, 4) is 0 Å². The molecular weight excluding hydrogens is 302 g/mol. The molecule has 2 aromatic rings. The van der Waals surface area contributed by atoms with Crippen LogP contribution in [0.4, 0.5) is 5.69 Å². The van der Waals surface area contributed by atoms with Crippen molar-refractivity contribution in [1.82, 2.24) is 0 Å². The summed E-state index contributed by atoms with van der Waals surface area (Å²) in [6.45, 7) is 1.62. The van der Waals surface area contributed by atoms with Gasteiger partial charge in [-0.15, -0.1) is 0 Å². The lowest BCUT2D eigenvalue weighted by molar-refractivity contribution is 0.0695. The number of rotatable bonds is 3. The highest BCUT2D eigenvalue weighted by molar-refractivity contribution is 7.78. The SMILES string of the molecule is Cc1ccc(C(=O)O)cc1C(=O)O.S=C=Nc1ccccc1. The van der Waals surface area contributed by atoms with Gasteiger partial charge in [0.25, 0.3) is 0 Å². The fourth-order valence-electron chi connectivity index (χ4n) is 1.54. The Hall–Kier alpha value is -2.82. The van der Waals surface area contributed by atoms with E-state index in [9.17, 15) is 9.59 Å². The number of carbonyl (C=O) groups is 2. The molecule has 0 aliphatic carbocycles. The van der Waals surface area contributed by atoms with E-state index in [0.29, 0.717) is 5.56 Å². The van der Waals surface area contributed by atoms with Gasteiger partial charge in [0.05, 0.1) is 22.0 Å². The summed E-state index contributed by atoms with van der Waals surface area (Å²) in [6.07, 6.45) is 0. The molecule has 2 N–H and O–H groups in total. The number of aliphatic imine (C=N–C) groups is 1. The summed E-state index contributed by atoms with van der Waals surface area (Å²) in [4.78, 5) is 24.9. The normalized spacial score (nSPS) is 8.95. The number of thiocarbonyl (C=S) groups is 1. The van der Waals surface area contributed by atoms with Crippen molar-refractivity contribution in [3.05, 3.63) is 65.2 Å². The molecule has 2 rings (SSSR count). The van der Waals surface area contributed by atoms with E-state index < -0.39 is 11.9 Å². The zero-order valence-corrected chi connectivity index (χ0v) is 12.5. The number of aryl methyl sites for hydroxylation is 1. The Bertz CT molecular complexity index is 722. The average molecular weight is 315 g/mol. The first-order chi connectivity index (χ1) is 10.5. The maximum absolute atomic E-state index is 10.6. The van der Waals surface area contributed by atoms with E-state index in [4.69, 9.17) is 10.2 Å². The molecule has 0 aliphatic rings. The second kappa shape index (κ2) is 8.46. The molecule has 2 aromatic carbocycles. The van der Waals surface area contributed by atoms with Crippen molar-refractivity contribution >= 4 is 35.0 Å². The molecule has 0 aromatic heterocycles. The number of hydrogen-bond donors (Lipinski definition) is 2. The minimum atomic E-state index is -1.12. The van der Waals surface area contributed by atoms with Gasteiger partial charge in [0.2, 0.25) is 0 Å². The first-order valence-electron chi connectivity index (χ1n) is 6.16. The van der Waals surface area contributed by atoms with E-state index in [1.807, 2.05) is 30.3 Å². The largest absolute Gasteiger partial charge is 0.478 e. The van der Waals surface area contributed by atoms with Crippen LogP contribution in [0.3, 0.4) is 0 Å². The van der Waals surface area contributed by atoms with Crippen LogP contribution in [0.5, 0.6) is 0 Å². The molecule has 0 amide bonds. The Morgan fingerprint density at radius 1 is 1.05 bits per heavy atom. The van der Waals surface area contributed by atoms with Gasteiger partial charge in [0.1, 0.15) is 0 Å². The second-order valence-corrected chi connectivity index (χ2v) is 4.36. The van der Waals surface area contributed by atoms with Crippen LogP contribution in [-0.2, 0) is 0 Å². The number of aromatic carboxylic acids is 2. The highest BCUT2D eigenvalue weighted by atomic mass is 32.1. The smallest absolute Gasteiger partial charge is 0.335 e. The molecule has 112 valence electrons. The Balaban J connectivity index is 0.000000235. The lowest BCUT2D eigenvalue weighted by atomic mass is 10.1. The molecule has 0 heterocycles. The number of hydrogen-bond acceptors (Lipinski definition) is 4. The van der Waals surface area contributed by atoms with E-state index in [1.165, 1.54) is 12.1 Å². The van der Waals surface area contributed by atoms with Gasteiger partial charge in [0, 0.05) is 0 Å². The number of isothiocyanates is 1. The Morgan fingerprint density at radius 2 is 1.68 bits per heavy atom. The summed E-state index contributed by atoms with van der Waals surface area (Å²) < 4.78 is 0. The number of carboxylic acid groups (broad SMARTS) is 2. The first kappa shape index (κ1) is 17.2. The molecular formula is C16H13NO4S. The van der Waals surface area contributed by atoms with Crippen molar-refractivity contribution in [3.63, 3.8) is 0 Å². The van der Waals surface area contributed by atoms with Gasteiger partial charge < -0.3 is 10.2 Å². The molecule has 0 saturated heterocycles. The Morgan fingerprint density at radius 3 is 2.18 bits per heavy atom. The molecule has 0 saturated carbocycles. The molecule has 0 fully saturated rings. The van der Waals surface area contributed by atoms with E-state index in [2.05, 4.69) is 22.4 Å². The van der Waals surface area contributed by atoms with Crippen LogP contribution in [0.25, 0.3) is 0 Å². The van der Waals surface area contributed by atoms with E-state index in [-0.39, 0.29) is 11.1 Å². The fraction of sp³-hybridized carbons (Fsp3) is 0.0625. The Kier molecular flexibility index (Phi) is 6.63. The van der Waals surface area contributed by atoms with Gasteiger partial charge in [-0.25, -0.2) is 9.59 Å². The number of carboxylic acids is 2. The van der Waals surface area contributed by atoms with Crippen molar-refractivity contribution in [2.45, 2.75) is 6.92 Å². The Labute approximate surface area is 132 Å². The molecule has 0 bridgehead atoms. The molecule has 0 radical (unpaired) electrons. The summed E-state index contributed by atoms with van der Waals surface area (Å²) >= 11 is 4.42. The zero-order chi connectivity index (χ0) is 16.5. The molecule has 6 heteroatoms. The molecule has 0 atom stereocenters. The third kappa shape index (κ3) is 5.28. The van der Waals surface area contributed by atoms with E-state index in [1.54, 1.807) is 6.92 Å². The van der Waals surface area contributed by atoms with Crippen LogP contribution in [0, 0.1) is 6.92 Å².